The molecule has 1 rings (SSSR count). The zero-order valence-corrected chi connectivity index (χ0v) is 10.6. The van der Waals surface area contributed by atoms with Gasteiger partial charge in [0.2, 0.25) is 0 Å². The van der Waals surface area contributed by atoms with E-state index in [4.69, 9.17) is 14.2 Å². The van der Waals surface area contributed by atoms with Crippen LogP contribution < -0.4 is 10.1 Å². The first kappa shape index (κ1) is 14.3. The molecule has 0 spiro atoms. The van der Waals surface area contributed by atoms with Gasteiger partial charge in [0.1, 0.15) is 11.5 Å². The Kier molecular flexibility index (Phi) is 5.41. The van der Waals surface area contributed by atoms with Crippen molar-refractivity contribution in [2.75, 3.05) is 27.9 Å². The molecule has 0 fully saturated rings. The summed E-state index contributed by atoms with van der Waals surface area (Å²) >= 11 is 0. The van der Waals surface area contributed by atoms with E-state index in [-0.39, 0.29) is 17.9 Å². The second kappa shape index (κ2) is 6.83. The second-order valence-electron chi connectivity index (χ2n) is 3.49. The number of methoxy groups -OCH3 is 3. The SMILES string of the molecule is COc1ccc(C(=O)NCC(OC)OC)c(O)c1. The molecule has 1 amide bonds. The molecular formula is C12H17NO5. The van der Waals surface area contributed by atoms with Crippen molar-refractivity contribution in [3.63, 3.8) is 0 Å². The maximum absolute atomic E-state index is 11.8. The highest BCUT2D eigenvalue weighted by Crippen LogP contribution is 2.23. The smallest absolute Gasteiger partial charge is 0.255 e. The first-order valence-corrected chi connectivity index (χ1v) is 5.33. The van der Waals surface area contributed by atoms with E-state index in [9.17, 15) is 9.90 Å². The summed E-state index contributed by atoms with van der Waals surface area (Å²) in [5.74, 6) is -0.0665. The zero-order valence-electron chi connectivity index (χ0n) is 10.6. The number of phenolic OH excluding ortho intramolecular Hbond substituents is 1. The van der Waals surface area contributed by atoms with E-state index in [2.05, 4.69) is 5.32 Å². The van der Waals surface area contributed by atoms with Crippen molar-refractivity contribution < 1.29 is 24.1 Å². The third-order valence-electron chi connectivity index (χ3n) is 2.40. The number of carbonyl (C=O) groups is 1. The summed E-state index contributed by atoms with van der Waals surface area (Å²) in [5.41, 5.74) is 0.168. The minimum atomic E-state index is -0.519. The van der Waals surface area contributed by atoms with Gasteiger partial charge in [0.15, 0.2) is 6.29 Å². The lowest BCUT2D eigenvalue weighted by atomic mass is 10.2. The molecule has 0 bridgehead atoms. The summed E-state index contributed by atoms with van der Waals surface area (Å²) < 4.78 is 14.8. The van der Waals surface area contributed by atoms with Crippen LogP contribution in [0.1, 0.15) is 10.4 Å². The highest BCUT2D eigenvalue weighted by molar-refractivity contribution is 5.97. The highest BCUT2D eigenvalue weighted by Gasteiger charge is 2.13. The maximum Gasteiger partial charge on any atom is 0.255 e. The summed E-state index contributed by atoms with van der Waals surface area (Å²) in [6, 6.07) is 4.45. The Morgan fingerprint density at radius 2 is 2.00 bits per heavy atom. The summed E-state index contributed by atoms with van der Waals surface area (Å²) in [6.07, 6.45) is -0.519. The Hall–Kier alpha value is -1.79. The normalized spacial score (nSPS) is 10.4. The molecule has 6 heteroatoms. The van der Waals surface area contributed by atoms with Gasteiger partial charge in [-0.3, -0.25) is 4.79 Å². The molecule has 0 unspecified atom stereocenters. The predicted molar refractivity (Wildman–Crippen MR) is 64.8 cm³/mol. The molecule has 1 aromatic carbocycles. The average molecular weight is 255 g/mol. The van der Waals surface area contributed by atoms with Crippen LogP contribution in [0.3, 0.4) is 0 Å². The van der Waals surface area contributed by atoms with Crippen molar-refractivity contribution in [3.8, 4) is 11.5 Å². The molecule has 0 saturated carbocycles. The number of benzene rings is 1. The lowest BCUT2D eigenvalue weighted by molar-refractivity contribution is -0.0974. The standard InChI is InChI=1S/C12H17NO5/c1-16-8-4-5-9(10(14)6-8)12(15)13-7-11(17-2)18-3/h4-6,11,14H,7H2,1-3H3,(H,13,15). The molecule has 0 aliphatic heterocycles. The van der Waals surface area contributed by atoms with Crippen LogP contribution in [0.5, 0.6) is 11.5 Å². The largest absolute Gasteiger partial charge is 0.507 e. The van der Waals surface area contributed by atoms with Crippen LogP contribution in [-0.4, -0.2) is 45.2 Å². The van der Waals surface area contributed by atoms with Crippen LogP contribution in [0.4, 0.5) is 0 Å². The minimum absolute atomic E-state index is 0.141. The highest BCUT2D eigenvalue weighted by atomic mass is 16.7. The van der Waals surface area contributed by atoms with Gasteiger partial charge >= 0.3 is 0 Å². The number of hydrogen-bond acceptors (Lipinski definition) is 5. The van der Waals surface area contributed by atoms with Crippen LogP contribution in [0, 0.1) is 0 Å². The number of amides is 1. The average Bonchev–Trinajstić information content (AvgIpc) is 2.39. The molecule has 18 heavy (non-hydrogen) atoms. The summed E-state index contributed by atoms with van der Waals surface area (Å²) in [4.78, 5) is 11.8. The number of rotatable bonds is 6. The van der Waals surface area contributed by atoms with E-state index < -0.39 is 12.2 Å². The van der Waals surface area contributed by atoms with Crippen molar-refractivity contribution in [1.82, 2.24) is 5.32 Å². The molecule has 0 aliphatic rings. The van der Waals surface area contributed by atoms with Gasteiger partial charge in [-0.25, -0.2) is 0 Å². The van der Waals surface area contributed by atoms with E-state index in [1.807, 2.05) is 0 Å². The van der Waals surface area contributed by atoms with Crippen molar-refractivity contribution in [3.05, 3.63) is 23.8 Å². The van der Waals surface area contributed by atoms with Crippen molar-refractivity contribution in [1.29, 1.82) is 0 Å². The third kappa shape index (κ3) is 3.61. The lowest BCUT2D eigenvalue weighted by Crippen LogP contribution is -2.34. The maximum atomic E-state index is 11.8. The number of nitrogens with one attached hydrogen (secondary N) is 1. The fraction of sp³-hybridized carbons (Fsp3) is 0.417. The molecule has 2 N–H and O–H groups in total. The third-order valence-corrected chi connectivity index (χ3v) is 2.40. The Labute approximate surface area is 105 Å². The monoisotopic (exact) mass is 255 g/mol. The van der Waals surface area contributed by atoms with E-state index >= 15 is 0 Å². The van der Waals surface area contributed by atoms with Crippen LogP contribution >= 0.6 is 0 Å². The van der Waals surface area contributed by atoms with Gasteiger partial charge in [-0.1, -0.05) is 0 Å². The zero-order chi connectivity index (χ0) is 13.5. The Bertz CT molecular complexity index is 403. The number of hydrogen-bond donors (Lipinski definition) is 2. The van der Waals surface area contributed by atoms with Crippen LogP contribution in [-0.2, 0) is 9.47 Å². The van der Waals surface area contributed by atoms with Gasteiger partial charge < -0.3 is 24.6 Å². The van der Waals surface area contributed by atoms with Gasteiger partial charge in [-0.2, -0.15) is 0 Å². The predicted octanol–water partition coefficient (Wildman–Crippen LogP) is 0.749. The minimum Gasteiger partial charge on any atom is -0.507 e. The van der Waals surface area contributed by atoms with Crippen molar-refractivity contribution in [2.24, 2.45) is 0 Å². The second-order valence-corrected chi connectivity index (χ2v) is 3.49. The van der Waals surface area contributed by atoms with E-state index in [0.29, 0.717) is 5.75 Å². The number of phenols is 1. The lowest BCUT2D eigenvalue weighted by Gasteiger charge is -2.14. The number of carbonyl (C=O) groups excluding carboxylic acids is 1. The molecule has 1 aromatic rings. The number of aromatic hydroxyl groups is 1. The summed E-state index contributed by atoms with van der Waals surface area (Å²) in [7, 11) is 4.44. The molecule has 6 nitrogen and oxygen atoms in total. The first-order chi connectivity index (χ1) is 8.62. The molecule has 0 aromatic heterocycles. The van der Waals surface area contributed by atoms with Crippen molar-refractivity contribution >= 4 is 5.91 Å². The van der Waals surface area contributed by atoms with Crippen LogP contribution in [0.25, 0.3) is 0 Å². The summed E-state index contributed by atoms with van der Waals surface area (Å²) in [5, 5.41) is 12.3. The van der Waals surface area contributed by atoms with Crippen molar-refractivity contribution in [2.45, 2.75) is 6.29 Å². The van der Waals surface area contributed by atoms with E-state index in [1.54, 1.807) is 6.07 Å². The van der Waals surface area contributed by atoms with Gasteiger partial charge in [-0.15, -0.1) is 0 Å². The van der Waals surface area contributed by atoms with Gasteiger partial charge in [-0.05, 0) is 12.1 Å². The molecule has 0 aliphatic carbocycles. The fourth-order valence-electron chi connectivity index (χ4n) is 1.36. The fourth-order valence-corrected chi connectivity index (χ4v) is 1.36. The Balaban J connectivity index is 2.67. The quantitative estimate of drug-likeness (QED) is 0.733. The van der Waals surface area contributed by atoms with Gasteiger partial charge in [0.25, 0.3) is 5.91 Å². The molecule has 0 radical (unpaired) electrons. The molecule has 0 heterocycles. The molecular weight excluding hydrogens is 238 g/mol. The summed E-state index contributed by atoms with van der Waals surface area (Å²) in [6.45, 7) is 0.192. The van der Waals surface area contributed by atoms with Gasteiger partial charge in [0, 0.05) is 20.3 Å². The molecule has 100 valence electrons. The number of ether oxygens (including phenoxy) is 3. The first-order valence-electron chi connectivity index (χ1n) is 5.33. The van der Waals surface area contributed by atoms with Gasteiger partial charge in [0.05, 0.1) is 19.2 Å². The topological polar surface area (TPSA) is 77.0 Å². The Morgan fingerprint density at radius 1 is 1.33 bits per heavy atom. The molecule has 0 saturated heterocycles. The van der Waals surface area contributed by atoms with E-state index in [0.717, 1.165) is 0 Å². The van der Waals surface area contributed by atoms with E-state index in [1.165, 1.54) is 33.5 Å². The van der Waals surface area contributed by atoms with Crippen LogP contribution in [0.2, 0.25) is 0 Å². The Morgan fingerprint density at radius 3 is 2.50 bits per heavy atom. The molecule has 0 atom stereocenters. The van der Waals surface area contributed by atoms with Crippen LogP contribution in [0.15, 0.2) is 18.2 Å².